The van der Waals surface area contributed by atoms with Crippen molar-refractivity contribution in [2.45, 2.75) is 52.5 Å². The third-order valence-electron chi connectivity index (χ3n) is 3.50. The Hall–Kier alpha value is -0.830. The summed E-state index contributed by atoms with van der Waals surface area (Å²) in [5, 5.41) is 3.05. The molecule has 3 nitrogen and oxygen atoms in total. The molecular weight excluding hydrogens is 212 g/mol. The number of allylic oxidation sites excluding steroid dienone is 1. The van der Waals surface area contributed by atoms with Gasteiger partial charge < -0.3 is 5.32 Å². The van der Waals surface area contributed by atoms with Gasteiger partial charge in [-0.15, -0.1) is 0 Å². The summed E-state index contributed by atoms with van der Waals surface area (Å²) < 4.78 is 0. The molecule has 1 fully saturated rings. The molecular formula is C14H26N2O. The van der Waals surface area contributed by atoms with Gasteiger partial charge in [0.05, 0.1) is 0 Å². The van der Waals surface area contributed by atoms with E-state index in [-0.39, 0.29) is 5.91 Å². The van der Waals surface area contributed by atoms with Crippen molar-refractivity contribution in [3.05, 3.63) is 11.6 Å². The van der Waals surface area contributed by atoms with Crippen molar-refractivity contribution in [2.24, 2.45) is 0 Å². The lowest BCUT2D eigenvalue weighted by atomic mass is 10.2. The molecule has 0 spiro atoms. The number of carbonyl (C=O) groups excluding carboxylic acids is 1. The molecule has 1 unspecified atom stereocenters. The first-order valence-electron chi connectivity index (χ1n) is 6.88. The van der Waals surface area contributed by atoms with Gasteiger partial charge in [-0.05, 0) is 45.7 Å². The Morgan fingerprint density at radius 3 is 2.53 bits per heavy atom. The van der Waals surface area contributed by atoms with E-state index in [1.54, 1.807) is 0 Å². The van der Waals surface area contributed by atoms with E-state index in [0.717, 1.165) is 25.0 Å². The third-order valence-corrected chi connectivity index (χ3v) is 3.50. The SMILES string of the molecule is CC/C=C(/C)C(=O)NCC(CC)N1CCCC1. The van der Waals surface area contributed by atoms with Gasteiger partial charge in [-0.2, -0.15) is 0 Å². The highest BCUT2D eigenvalue weighted by molar-refractivity contribution is 5.92. The van der Waals surface area contributed by atoms with Crippen LogP contribution >= 0.6 is 0 Å². The molecule has 17 heavy (non-hydrogen) atoms. The number of carbonyl (C=O) groups is 1. The molecule has 0 saturated carbocycles. The van der Waals surface area contributed by atoms with E-state index in [2.05, 4.69) is 24.1 Å². The van der Waals surface area contributed by atoms with Gasteiger partial charge in [-0.25, -0.2) is 0 Å². The number of amides is 1. The maximum atomic E-state index is 11.8. The van der Waals surface area contributed by atoms with Crippen molar-refractivity contribution in [2.75, 3.05) is 19.6 Å². The van der Waals surface area contributed by atoms with Crippen molar-refractivity contribution >= 4 is 5.91 Å². The minimum Gasteiger partial charge on any atom is -0.351 e. The maximum Gasteiger partial charge on any atom is 0.246 e. The summed E-state index contributed by atoms with van der Waals surface area (Å²) in [6.07, 6.45) is 6.62. The summed E-state index contributed by atoms with van der Waals surface area (Å²) in [5.74, 6) is 0.0875. The highest BCUT2D eigenvalue weighted by Crippen LogP contribution is 2.13. The first kappa shape index (κ1) is 14.2. The molecule has 1 atom stereocenters. The van der Waals surface area contributed by atoms with Gasteiger partial charge in [0.25, 0.3) is 0 Å². The van der Waals surface area contributed by atoms with Gasteiger partial charge in [-0.1, -0.05) is 19.9 Å². The molecule has 1 N–H and O–H groups in total. The van der Waals surface area contributed by atoms with Crippen LogP contribution in [0, 0.1) is 0 Å². The van der Waals surface area contributed by atoms with Crippen LogP contribution in [0.25, 0.3) is 0 Å². The van der Waals surface area contributed by atoms with Crippen LogP contribution in [-0.4, -0.2) is 36.5 Å². The van der Waals surface area contributed by atoms with Crippen molar-refractivity contribution in [1.82, 2.24) is 10.2 Å². The first-order valence-corrected chi connectivity index (χ1v) is 6.88. The van der Waals surface area contributed by atoms with Crippen LogP contribution in [0.3, 0.4) is 0 Å². The normalized spacial score (nSPS) is 19.4. The highest BCUT2D eigenvalue weighted by Gasteiger charge is 2.20. The van der Waals surface area contributed by atoms with Crippen LogP contribution in [-0.2, 0) is 4.79 Å². The monoisotopic (exact) mass is 238 g/mol. The first-order chi connectivity index (χ1) is 8.19. The second-order valence-electron chi connectivity index (χ2n) is 4.81. The van der Waals surface area contributed by atoms with Crippen LogP contribution in [0.15, 0.2) is 11.6 Å². The Balaban J connectivity index is 2.36. The fraction of sp³-hybridized carbons (Fsp3) is 0.786. The molecule has 0 aromatic rings. The van der Waals surface area contributed by atoms with Gasteiger partial charge in [0.1, 0.15) is 0 Å². The van der Waals surface area contributed by atoms with Crippen LogP contribution in [0.5, 0.6) is 0 Å². The lowest BCUT2D eigenvalue weighted by molar-refractivity contribution is -0.117. The summed E-state index contributed by atoms with van der Waals surface area (Å²) in [5.41, 5.74) is 0.837. The zero-order chi connectivity index (χ0) is 12.7. The molecule has 1 aliphatic heterocycles. The molecule has 1 amide bonds. The molecule has 0 radical (unpaired) electrons. The van der Waals surface area contributed by atoms with Gasteiger partial charge in [-0.3, -0.25) is 9.69 Å². The predicted molar refractivity (Wildman–Crippen MR) is 71.9 cm³/mol. The lowest BCUT2D eigenvalue weighted by Gasteiger charge is -2.26. The lowest BCUT2D eigenvalue weighted by Crippen LogP contribution is -2.42. The van der Waals surface area contributed by atoms with Gasteiger partial charge >= 0.3 is 0 Å². The van der Waals surface area contributed by atoms with E-state index >= 15 is 0 Å². The van der Waals surface area contributed by atoms with Crippen LogP contribution < -0.4 is 5.32 Å². The largest absolute Gasteiger partial charge is 0.351 e. The van der Waals surface area contributed by atoms with E-state index in [9.17, 15) is 4.79 Å². The van der Waals surface area contributed by atoms with E-state index in [4.69, 9.17) is 0 Å². The van der Waals surface area contributed by atoms with E-state index in [1.807, 2.05) is 13.0 Å². The molecule has 1 heterocycles. The number of nitrogens with one attached hydrogen (secondary N) is 1. The van der Waals surface area contributed by atoms with Gasteiger partial charge in [0.15, 0.2) is 0 Å². The zero-order valence-electron chi connectivity index (χ0n) is 11.5. The Labute approximate surface area is 105 Å². The summed E-state index contributed by atoms with van der Waals surface area (Å²) in [4.78, 5) is 14.3. The van der Waals surface area contributed by atoms with Crippen LogP contribution in [0.1, 0.15) is 46.5 Å². The summed E-state index contributed by atoms with van der Waals surface area (Å²) >= 11 is 0. The Kier molecular flexibility index (Phi) is 6.27. The standard InChI is InChI=1S/C14H26N2O/c1-4-8-12(3)14(17)15-11-13(5-2)16-9-6-7-10-16/h8,13H,4-7,9-11H2,1-3H3,(H,15,17)/b12-8-. The van der Waals surface area contributed by atoms with Gasteiger partial charge in [0, 0.05) is 18.2 Å². The predicted octanol–water partition coefficient (Wildman–Crippen LogP) is 2.33. The van der Waals surface area contributed by atoms with Gasteiger partial charge in [0.2, 0.25) is 5.91 Å². The van der Waals surface area contributed by atoms with Crippen molar-refractivity contribution in [1.29, 1.82) is 0 Å². The number of rotatable bonds is 6. The maximum absolute atomic E-state index is 11.8. The average Bonchev–Trinajstić information content (AvgIpc) is 2.83. The summed E-state index contributed by atoms with van der Waals surface area (Å²) in [6.45, 7) is 9.30. The molecule has 0 aromatic heterocycles. The van der Waals surface area contributed by atoms with Crippen LogP contribution in [0.2, 0.25) is 0 Å². The highest BCUT2D eigenvalue weighted by atomic mass is 16.1. The number of hydrogen-bond donors (Lipinski definition) is 1. The molecule has 1 saturated heterocycles. The minimum atomic E-state index is 0.0875. The molecule has 1 rings (SSSR count). The third kappa shape index (κ3) is 4.50. The second kappa shape index (κ2) is 7.49. The molecule has 3 heteroatoms. The molecule has 1 aliphatic rings. The summed E-state index contributed by atoms with van der Waals surface area (Å²) in [7, 11) is 0. The van der Waals surface area contributed by atoms with Crippen molar-refractivity contribution in [3.63, 3.8) is 0 Å². The smallest absolute Gasteiger partial charge is 0.246 e. The second-order valence-corrected chi connectivity index (χ2v) is 4.81. The van der Waals surface area contributed by atoms with E-state index in [0.29, 0.717) is 6.04 Å². The topological polar surface area (TPSA) is 32.3 Å². The number of hydrogen-bond acceptors (Lipinski definition) is 2. The number of nitrogens with zero attached hydrogens (tertiary/aromatic N) is 1. The Morgan fingerprint density at radius 1 is 1.35 bits per heavy atom. The Morgan fingerprint density at radius 2 is 2.00 bits per heavy atom. The van der Waals surface area contributed by atoms with E-state index < -0.39 is 0 Å². The van der Waals surface area contributed by atoms with Crippen LogP contribution in [0.4, 0.5) is 0 Å². The fourth-order valence-electron chi connectivity index (χ4n) is 2.39. The van der Waals surface area contributed by atoms with Crippen molar-refractivity contribution in [3.8, 4) is 0 Å². The average molecular weight is 238 g/mol. The zero-order valence-corrected chi connectivity index (χ0v) is 11.5. The molecule has 98 valence electrons. The minimum absolute atomic E-state index is 0.0875. The fourth-order valence-corrected chi connectivity index (χ4v) is 2.39. The quantitative estimate of drug-likeness (QED) is 0.720. The molecule has 0 bridgehead atoms. The molecule has 0 aromatic carbocycles. The summed E-state index contributed by atoms with van der Waals surface area (Å²) in [6, 6.07) is 0.510. The number of likely N-dealkylation sites (tertiary alicyclic amines) is 1. The van der Waals surface area contributed by atoms with Crippen molar-refractivity contribution < 1.29 is 4.79 Å². The Bertz CT molecular complexity index is 267. The molecule has 0 aliphatic carbocycles. The van der Waals surface area contributed by atoms with E-state index in [1.165, 1.54) is 25.9 Å².